The van der Waals surface area contributed by atoms with E-state index in [1.165, 1.54) is 0 Å². The van der Waals surface area contributed by atoms with Crippen LogP contribution in [0.25, 0.3) is 10.9 Å². The van der Waals surface area contributed by atoms with Gasteiger partial charge < -0.3 is 20.5 Å². The third kappa shape index (κ3) is 4.20. The molecule has 3 rings (SSSR count). The van der Waals surface area contributed by atoms with Gasteiger partial charge in [-0.1, -0.05) is 0 Å². The monoisotopic (exact) mass is 378 g/mol. The molecular weight excluding hydrogens is 356 g/mol. The molecule has 0 radical (unpaired) electrons. The van der Waals surface area contributed by atoms with Crippen LogP contribution in [0.3, 0.4) is 0 Å². The van der Waals surface area contributed by atoms with Crippen LogP contribution >= 0.6 is 0 Å². The number of rotatable bonds is 5. The number of phenolic OH excluding ortho intramolecular Hbond substituents is 1. The zero-order valence-corrected chi connectivity index (χ0v) is 16.0. The van der Waals surface area contributed by atoms with E-state index in [1.54, 1.807) is 49.8 Å². The average molecular weight is 378 g/mol. The van der Waals surface area contributed by atoms with E-state index in [2.05, 4.69) is 20.6 Å². The molecule has 28 heavy (non-hydrogen) atoms. The van der Waals surface area contributed by atoms with Crippen molar-refractivity contribution in [2.24, 2.45) is 4.99 Å². The topological polar surface area (TPSA) is 95.8 Å². The maximum atomic E-state index is 11.7. The third-order valence-electron chi connectivity index (χ3n) is 4.13. The van der Waals surface area contributed by atoms with Gasteiger partial charge in [-0.2, -0.15) is 0 Å². The van der Waals surface area contributed by atoms with Gasteiger partial charge >= 0.3 is 6.03 Å². The van der Waals surface area contributed by atoms with Crippen molar-refractivity contribution in [1.82, 2.24) is 10.3 Å². The number of pyridine rings is 1. The van der Waals surface area contributed by atoms with Gasteiger partial charge in [-0.15, -0.1) is 0 Å². The predicted octanol–water partition coefficient (Wildman–Crippen LogP) is 4.23. The minimum atomic E-state index is -0.246. The van der Waals surface area contributed by atoms with Crippen LogP contribution in [0.15, 0.2) is 47.6 Å². The molecule has 0 aliphatic rings. The molecule has 0 aliphatic heterocycles. The number of ether oxygens (including phenoxy) is 1. The molecule has 3 aromatic rings. The first-order valence-electron chi connectivity index (χ1n) is 8.89. The van der Waals surface area contributed by atoms with Crippen LogP contribution in [-0.4, -0.2) is 35.9 Å². The highest BCUT2D eigenvalue weighted by Gasteiger charge is 2.10. The van der Waals surface area contributed by atoms with Crippen molar-refractivity contribution in [3.05, 3.63) is 53.7 Å². The molecule has 0 bridgehead atoms. The number of urea groups is 1. The lowest BCUT2D eigenvalue weighted by molar-refractivity contribution is 0.252. The number of hydrogen-bond acceptors (Lipinski definition) is 5. The smallest absolute Gasteiger partial charge is 0.319 e. The highest BCUT2D eigenvalue weighted by molar-refractivity contribution is 5.95. The van der Waals surface area contributed by atoms with Crippen molar-refractivity contribution in [3.8, 4) is 17.2 Å². The van der Waals surface area contributed by atoms with Gasteiger partial charge in [-0.25, -0.2) is 4.79 Å². The molecule has 2 amide bonds. The lowest BCUT2D eigenvalue weighted by atomic mass is 10.1. The molecule has 0 saturated carbocycles. The Kier molecular flexibility index (Phi) is 5.74. The van der Waals surface area contributed by atoms with E-state index >= 15 is 0 Å². The molecular formula is C21H22N4O3. The van der Waals surface area contributed by atoms with Gasteiger partial charge in [-0.05, 0) is 49.7 Å². The van der Waals surface area contributed by atoms with E-state index in [-0.39, 0.29) is 11.8 Å². The maximum Gasteiger partial charge on any atom is 0.319 e. The van der Waals surface area contributed by atoms with Crippen LogP contribution in [0.5, 0.6) is 17.2 Å². The lowest BCUT2D eigenvalue weighted by Crippen LogP contribution is -2.28. The fraction of sp³-hybridized carbons (Fsp3) is 0.190. The number of amides is 2. The van der Waals surface area contributed by atoms with Crippen LogP contribution in [0.4, 0.5) is 10.5 Å². The first-order valence-corrected chi connectivity index (χ1v) is 8.89. The Balaban J connectivity index is 1.91. The van der Waals surface area contributed by atoms with Gasteiger partial charge in [0.15, 0.2) is 0 Å². The fourth-order valence-corrected chi connectivity index (χ4v) is 2.80. The summed E-state index contributed by atoms with van der Waals surface area (Å²) in [6, 6.07) is 10.3. The molecule has 144 valence electrons. The van der Waals surface area contributed by atoms with Gasteiger partial charge in [-0.3, -0.25) is 9.98 Å². The lowest BCUT2D eigenvalue weighted by Gasteiger charge is -2.13. The summed E-state index contributed by atoms with van der Waals surface area (Å²) >= 11 is 0. The van der Waals surface area contributed by atoms with E-state index in [0.29, 0.717) is 34.8 Å². The SMILES string of the molecule is CCNC(=O)Nc1ccc(Oc2ccnc3cc(O)c(C=NC)cc23)cc1C. The number of benzene rings is 2. The molecule has 1 aromatic heterocycles. The van der Waals surface area contributed by atoms with E-state index < -0.39 is 0 Å². The first kappa shape index (κ1) is 19.2. The Morgan fingerprint density at radius 2 is 2.11 bits per heavy atom. The number of anilines is 1. The third-order valence-corrected chi connectivity index (χ3v) is 4.13. The van der Waals surface area contributed by atoms with Crippen LogP contribution in [0.1, 0.15) is 18.1 Å². The van der Waals surface area contributed by atoms with Crippen molar-refractivity contribution >= 4 is 28.8 Å². The molecule has 2 aromatic carbocycles. The molecule has 7 nitrogen and oxygen atoms in total. The van der Waals surface area contributed by atoms with Crippen molar-refractivity contribution in [3.63, 3.8) is 0 Å². The summed E-state index contributed by atoms with van der Waals surface area (Å²) < 4.78 is 6.06. The molecule has 0 aliphatic carbocycles. The Morgan fingerprint density at radius 1 is 1.29 bits per heavy atom. The number of carbonyl (C=O) groups is 1. The minimum absolute atomic E-state index is 0.111. The number of nitrogens with zero attached hydrogens (tertiary/aromatic N) is 2. The van der Waals surface area contributed by atoms with Crippen molar-refractivity contribution < 1.29 is 14.6 Å². The second-order valence-electron chi connectivity index (χ2n) is 6.19. The largest absolute Gasteiger partial charge is 0.507 e. The second kappa shape index (κ2) is 8.39. The normalized spacial score (nSPS) is 11.0. The molecule has 7 heteroatoms. The Labute approximate surface area is 163 Å². The van der Waals surface area contributed by atoms with Crippen molar-refractivity contribution in [2.75, 3.05) is 18.9 Å². The number of aliphatic imine (C=N–C) groups is 1. The molecule has 0 fully saturated rings. The van der Waals surface area contributed by atoms with Gasteiger partial charge in [0.05, 0.1) is 5.52 Å². The number of hydrogen-bond donors (Lipinski definition) is 3. The van der Waals surface area contributed by atoms with E-state index in [0.717, 1.165) is 10.9 Å². The Morgan fingerprint density at radius 3 is 2.82 bits per heavy atom. The average Bonchev–Trinajstić information content (AvgIpc) is 2.65. The van der Waals surface area contributed by atoms with Gasteiger partial charge in [0.25, 0.3) is 0 Å². The van der Waals surface area contributed by atoms with Crippen LogP contribution in [0.2, 0.25) is 0 Å². The molecule has 3 N–H and O–H groups in total. The Bertz CT molecular complexity index is 1050. The summed E-state index contributed by atoms with van der Waals surface area (Å²) in [6.07, 6.45) is 3.21. The van der Waals surface area contributed by atoms with Gasteiger partial charge in [0.1, 0.15) is 17.2 Å². The maximum absolute atomic E-state index is 11.7. The van der Waals surface area contributed by atoms with Gasteiger partial charge in [0.2, 0.25) is 0 Å². The number of fused-ring (bicyclic) bond motifs is 1. The quantitative estimate of drug-likeness (QED) is 0.579. The highest BCUT2D eigenvalue weighted by atomic mass is 16.5. The molecule has 0 atom stereocenters. The first-order chi connectivity index (χ1) is 13.5. The summed E-state index contributed by atoms with van der Waals surface area (Å²) in [7, 11) is 1.64. The number of phenols is 1. The molecule has 1 heterocycles. The van der Waals surface area contributed by atoms with Crippen LogP contribution in [0, 0.1) is 6.92 Å². The summed E-state index contributed by atoms with van der Waals surface area (Å²) in [5, 5.41) is 16.3. The summed E-state index contributed by atoms with van der Waals surface area (Å²) in [6.45, 7) is 4.31. The van der Waals surface area contributed by atoms with Crippen molar-refractivity contribution in [2.45, 2.75) is 13.8 Å². The van der Waals surface area contributed by atoms with Crippen LogP contribution < -0.4 is 15.4 Å². The van der Waals surface area contributed by atoms with Crippen LogP contribution in [-0.2, 0) is 0 Å². The predicted molar refractivity (Wildman–Crippen MR) is 111 cm³/mol. The second-order valence-corrected chi connectivity index (χ2v) is 6.19. The zero-order chi connectivity index (χ0) is 20.1. The summed E-state index contributed by atoms with van der Waals surface area (Å²) in [5.41, 5.74) is 2.79. The molecule has 0 unspecified atom stereocenters. The number of aromatic nitrogens is 1. The summed E-state index contributed by atoms with van der Waals surface area (Å²) in [5.74, 6) is 1.35. The molecule has 0 spiro atoms. The summed E-state index contributed by atoms with van der Waals surface area (Å²) in [4.78, 5) is 20.0. The standard InChI is InChI=1S/C21H22N4O3/c1-4-23-21(27)25-17-6-5-15(9-13(17)2)28-20-7-8-24-18-11-19(26)14(12-22-3)10-16(18)20/h5-12,26H,4H2,1-3H3,(H2,23,25,27). The highest BCUT2D eigenvalue weighted by Crippen LogP contribution is 2.33. The number of aromatic hydroxyl groups is 1. The molecule has 0 saturated heterocycles. The van der Waals surface area contributed by atoms with E-state index in [4.69, 9.17) is 4.74 Å². The van der Waals surface area contributed by atoms with Crippen molar-refractivity contribution in [1.29, 1.82) is 0 Å². The number of nitrogens with one attached hydrogen (secondary N) is 2. The van der Waals surface area contributed by atoms with E-state index in [9.17, 15) is 9.90 Å². The minimum Gasteiger partial charge on any atom is -0.507 e. The zero-order valence-electron chi connectivity index (χ0n) is 16.0. The fourth-order valence-electron chi connectivity index (χ4n) is 2.80. The van der Waals surface area contributed by atoms with Gasteiger partial charge in [0, 0.05) is 48.7 Å². The number of carbonyl (C=O) groups excluding carboxylic acids is 1. The van der Waals surface area contributed by atoms with E-state index in [1.807, 2.05) is 19.9 Å². The Hall–Kier alpha value is -3.61. The number of aryl methyl sites for hydroxylation is 1.